The second-order valence-electron chi connectivity index (χ2n) is 7.50. The Labute approximate surface area is 200 Å². The molecule has 0 fully saturated rings. The molecule has 0 aliphatic heterocycles. The molecule has 8 nitrogen and oxygen atoms in total. The lowest BCUT2D eigenvalue weighted by molar-refractivity contribution is -0.116. The number of amides is 2. The Morgan fingerprint density at radius 1 is 1.12 bits per heavy atom. The summed E-state index contributed by atoms with van der Waals surface area (Å²) in [5.41, 5.74) is 2.98. The number of aromatic amines is 1. The zero-order valence-corrected chi connectivity index (χ0v) is 20.2. The standard InChI is InChI=1S/C23H24ClN5O3S/c1-5-18(21(31)26-16-8-6-15(24)7-9-16)33-23-27-22(32)20(28-29-23)17-11-12(2)10-13(3)19(17)25-14(4)30/h6-11,18H,5H2,1-4H3,(H,25,30)(H,26,31)(H,27,29,32). The number of nitrogens with one attached hydrogen (secondary N) is 3. The largest absolute Gasteiger partial charge is 0.325 e. The molecule has 0 radical (unpaired) electrons. The lowest BCUT2D eigenvalue weighted by Gasteiger charge is -2.15. The average molecular weight is 486 g/mol. The monoisotopic (exact) mass is 485 g/mol. The molecule has 33 heavy (non-hydrogen) atoms. The first kappa shape index (κ1) is 24.5. The third-order valence-corrected chi connectivity index (χ3v) is 6.23. The van der Waals surface area contributed by atoms with E-state index < -0.39 is 10.8 Å². The summed E-state index contributed by atoms with van der Waals surface area (Å²) in [7, 11) is 0. The molecule has 0 aliphatic carbocycles. The van der Waals surface area contributed by atoms with Crippen LogP contribution in [0.5, 0.6) is 0 Å². The van der Waals surface area contributed by atoms with Crippen LogP contribution in [0.15, 0.2) is 46.3 Å². The minimum Gasteiger partial charge on any atom is -0.325 e. The van der Waals surface area contributed by atoms with Crippen LogP contribution in [-0.2, 0) is 9.59 Å². The Hall–Kier alpha value is -3.17. The van der Waals surface area contributed by atoms with Gasteiger partial charge in [-0.15, -0.1) is 10.2 Å². The molecule has 0 aliphatic rings. The molecule has 0 saturated carbocycles. The van der Waals surface area contributed by atoms with E-state index in [1.165, 1.54) is 6.92 Å². The molecule has 1 heterocycles. The van der Waals surface area contributed by atoms with E-state index in [2.05, 4.69) is 25.8 Å². The predicted molar refractivity (Wildman–Crippen MR) is 132 cm³/mol. The van der Waals surface area contributed by atoms with Crippen LogP contribution in [-0.4, -0.2) is 32.2 Å². The van der Waals surface area contributed by atoms with Crippen molar-refractivity contribution in [2.75, 3.05) is 10.6 Å². The summed E-state index contributed by atoms with van der Waals surface area (Å²) in [5.74, 6) is -0.476. The van der Waals surface area contributed by atoms with E-state index in [9.17, 15) is 14.4 Å². The molecule has 2 amide bonds. The van der Waals surface area contributed by atoms with Gasteiger partial charge in [0.05, 0.1) is 10.9 Å². The number of anilines is 2. The Bertz CT molecular complexity index is 1240. The fourth-order valence-corrected chi connectivity index (χ4v) is 4.23. The molecule has 2 aromatic carbocycles. The SMILES string of the molecule is CCC(Sc1nnc(-c2cc(C)cc(C)c2NC(C)=O)c(=O)[nH]1)C(=O)Nc1ccc(Cl)cc1. The number of carbonyl (C=O) groups is 2. The second-order valence-corrected chi connectivity index (χ2v) is 9.13. The number of benzene rings is 2. The van der Waals surface area contributed by atoms with Gasteiger partial charge in [0.1, 0.15) is 0 Å². The summed E-state index contributed by atoms with van der Waals surface area (Å²) in [6.07, 6.45) is 0.513. The molecule has 1 aromatic heterocycles. The number of halogens is 1. The van der Waals surface area contributed by atoms with Gasteiger partial charge < -0.3 is 10.6 Å². The van der Waals surface area contributed by atoms with Crippen molar-refractivity contribution in [3.8, 4) is 11.3 Å². The average Bonchev–Trinajstić information content (AvgIpc) is 2.75. The molecule has 1 atom stereocenters. The van der Waals surface area contributed by atoms with E-state index in [1.807, 2.05) is 26.8 Å². The molecular weight excluding hydrogens is 462 g/mol. The van der Waals surface area contributed by atoms with Gasteiger partial charge in [0.25, 0.3) is 5.56 Å². The summed E-state index contributed by atoms with van der Waals surface area (Å²) >= 11 is 7.00. The lowest BCUT2D eigenvalue weighted by atomic mass is 10.0. The number of rotatable bonds is 7. The van der Waals surface area contributed by atoms with Crippen LogP contribution < -0.4 is 16.2 Å². The third-order valence-electron chi connectivity index (χ3n) is 4.74. The Morgan fingerprint density at radius 2 is 1.82 bits per heavy atom. The number of aromatic nitrogens is 3. The summed E-state index contributed by atoms with van der Waals surface area (Å²) in [5, 5.41) is 14.2. The Morgan fingerprint density at radius 3 is 2.42 bits per heavy atom. The molecule has 0 spiro atoms. The van der Waals surface area contributed by atoms with Crippen LogP contribution in [0.4, 0.5) is 11.4 Å². The van der Waals surface area contributed by atoms with E-state index in [0.717, 1.165) is 22.9 Å². The van der Waals surface area contributed by atoms with Gasteiger partial charge in [-0.1, -0.05) is 41.9 Å². The molecule has 3 aromatic rings. The number of carbonyl (C=O) groups excluding carboxylic acids is 2. The van der Waals surface area contributed by atoms with Crippen LogP contribution in [0.3, 0.4) is 0 Å². The van der Waals surface area contributed by atoms with Crippen LogP contribution in [0.2, 0.25) is 5.02 Å². The number of H-pyrrole nitrogens is 1. The molecule has 3 N–H and O–H groups in total. The second kappa shape index (κ2) is 10.6. The van der Waals surface area contributed by atoms with Gasteiger partial charge >= 0.3 is 0 Å². The van der Waals surface area contributed by atoms with Gasteiger partial charge in [0.15, 0.2) is 10.9 Å². The van der Waals surface area contributed by atoms with E-state index in [-0.39, 0.29) is 22.7 Å². The molecular formula is C23H24ClN5O3S. The zero-order chi connectivity index (χ0) is 24.1. The number of hydrogen-bond donors (Lipinski definition) is 3. The van der Waals surface area contributed by atoms with Crippen molar-refractivity contribution in [1.29, 1.82) is 0 Å². The maximum atomic E-state index is 12.9. The first-order valence-electron chi connectivity index (χ1n) is 10.3. The van der Waals surface area contributed by atoms with E-state index >= 15 is 0 Å². The van der Waals surface area contributed by atoms with Gasteiger partial charge in [0.2, 0.25) is 11.8 Å². The van der Waals surface area contributed by atoms with E-state index in [0.29, 0.717) is 28.4 Å². The van der Waals surface area contributed by atoms with Crippen molar-refractivity contribution in [3.63, 3.8) is 0 Å². The minimum atomic E-state index is -0.493. The molecule has 0 bridgehead atoms. The lowest BCUT2D eigenvalue weighted by Crippen LogP contribution is -2.25. The third kappa shape index (κ3) is 6.21. The highest BCUT2D eigenvalue weighted by atomic mass is 35.5. The van der Waals surface area contributed by atoms with Gasteiger partial charge in [-0.25, -0.2) is 0 Å². The van der Waals surface area contributed by atoms with Gasteiger partial charge in [-0.3, -0.25) is 19.4 Å². The van der Waals surface area contributed by atoms with E-state index in [1.54, 1.807) is 30.3 Å². The van der Waals surface area contributed by atoms with Crippen molar-refractivity contribution in [2.45, 2.75) is 44.5 Å². The number of thioether (sulfide) groups is 1. The number of aryl methyl sites for hydroxylation is 2. The van der Waals surface area contributed by atoms with Crippen molar-refractivity contribution >= 4 is 46.6 Å². The highest BCUT2D eigenvalue weighted by Gasteiger charge is 2.21. The van der Waals surface area contributed by atoms with Crippen LogP contribution in [0.25, 0.3) is 11.3 Å². The number of hydrogen-bond acceptors (Lipinski definition) is 6. The summed E-state index contributed by atoms with van der Waals surface area (Å²) < 4.78 is 0. The van der Waals surface area contributed by atoms with Crippen molar-refractivity contribution in [1.82, 2.24) is 15.2 Å². The molecule has 172 valence electrons. The zero-order valence-electron chi connectivity index (χ0n) is 18.7. The maximum absolute atomic E-state index is 12.9. The molecule has 1 unspecified atom stereocenters. The minimum absolute atomic E-state index is 0.0913. The van der Waals surface area contributed by atoms with Crippen LogP contribution in [0.1, 0.15) is 31.4 Å². The van der Waals surface area contributed by atoms with Crippen molar-refractivity contribution in [3.05, 3.63) is 62.9 Å². The van der Waals surface area contributed by atoms with Crippen molar-refractivity contribution < 1.29 is 9.59 Å². The quantitative estimate of drug-likeness (QED) is 0.422. The van der Waals surface area contributed by atoms with Crippen molar-refractivity contribution in [2.24, 2.45) is 0 Å². The molecule has 0 saturated heterocycles. The summed E-state index contributed by atoms with van der Waals surface area (Å²) in [6, 6.07) is 10.5. The summed E-state index contributed by atoms with van der Waals surface area (Å²) in [6.45, 7) is 7.01. The predicted octanol–water partition coefficient (Wildman–Crippen LogP) is 4.57. The fourth-order valence-electron chi connectivity index (χ4n) is 3.26. The normalized spacial score (nSPS) is 11.7. The van der Waals surface area contributed by atoms with Gasteiger partial charge in [0, 0.05) is 23.2 Å². The molecule has 3 rings (SSSR count). The Balaban J connectivity index is 1.84. The van der Waals surface area contributed by atoms with E-state index in [4.69, 9.17) is 11.6 Å². The molecule has 10 heteroatoms. The van der Waals surface area contributed by atoms with Gasteiger partial charge in [-0.2, -0.15) is 0 Å². The highest BCUT2D eigenvalue weighted by Crippen LogP contribution is 2.30. The topological polar surface area (TPSA) is 117 Å². The van der Waals surface area contributed by atoms with Crippen LogP contribution in [0, 0.1) is 13.8 Å². The summed E-state index contributed by atoms with van der Waals surface area (Å²) in [4.78, 5) is 39.9. The van der Waals surface area contributed by atoms with Gasteiger partial charge in [-0.05, 0) is 56.2 Å². The first-order chi connectivity index (χ1) is 15.7. The Kier molecular flexibility index (Phi) is 7.88. The first-order valence-corrected chi connectivity index (χ1v) is 11.5. The fraction of sp³-hybridized carbons (Fsp3) is 0.261. The highest BCUT2D eigenvalue weighted by molar-refractivity contribution is 8.00. The number of nitrogens with zero attached hydrogens (tertiary/aromatic N) is 2. The van der Waals surface area contributed by atoms with Crippen LogP contribution >= 0.6 is 23.4 Å². The maximum Gasteiger partial charge on any atom is 0.278 e. The smallest absolute Gasteiger partial charge is 0.278 e.